The van der Waals surface area contributed by atoms with Gasteiger partial charge in [0, 0.05) is 17.8 Å². The van der Waals surface area contributed by atoms with Gasteiger partial charge in [0.2, 0.25) is 0 Å². The van der Waals surface area contributed by atoms with Gasteiger partial charge in [-0.2, -0.15) is 0 Å². The van der Waals surface area contributed by atoms with Crippen LogP contribution in [0.1, 0.15) is 16.7 Å². The third-order valence-electron chi connectivity index (χ3n) is 3.87. The van der Waals surface area contributed by atoms with E-state index in [9.17, 15) is 13.5 Å². The molecule has 0 saturated carbocycles. The maximum atomic E-state index is 12.8. The maximum Gasteiger partial charge on any atom is 0.262 e. The van der Waals surface area contributed by atoms with E-state index in [-0.39, 0.29) is 16.3 Å². The Kier molecular flexibility index (Phi) is 3.93. The number of phenolic OH excluding ortho intramolecular Hbond substituents is 1. The molecule has 0 aliphatic heterocycles. The number of benzene rings is 2. The number of hydrogen-bond acceptors (Lipinski definition) is 4. The molecule has 0 unspecified atom stereocenters. The Balaban J connectivity index is 2.09. The molecule has 0 saturated heterocycles. The number of aromatic hydroxyl groups is 1. The Morgan fingerprint density at radius 3 is 2.33 bits per heavy atom. The second kappa shape index (κ2) is 5.79. The summed E-state index contributed by atoms with van der Waals surface area (Å²) in [6.07, 6.45) is 3.23. The molecule has 0 aliphatic carbocycles. The number of fused-ring (bicyclic) bond motifs is 1. The summed E-state index contributed by atoms with van der Waals surface area (Å²) < 4.78 is 28.1. The van der Waals surface area contributed by atoms with Gasteiger partial charge in [0.25, 0.3) is 10.0 Å². The largest absolute Gasteiger partial charge is 0.506 e. The predicted molar refractivity (Wildman–Crippen MR) is 94.9 cm³/mol. The molecule has 3 aromatic rings. The van der Waals surface area contributed by atoms with Crippen molar-refractivity contribution in [1.29, 1.82) is 0 Å². The highest BCUT2D eigenvalue weighted by Crippen LogP contribution is 2.32. The van der Waals surface area contributed by atoms with E-state index in [1.165, 1.54) is 6.07 Å². The standard InChI is InChI=1S/C18H18N2O3S/c1-11-6-12(2)18(13(3)7-11)24(22,23)20-16-8-14-4-5-19-10-15(14)9-17(16)21/h4-10,20-21H,1-3H3. The Hall–Kier alpha value is -2.60. The molecule has 24 heavy (non-hydrogen) atoms. The van der Waals surface area contributed by atoms with Gasteiger partial charge in [0.05, 0.1) is 10.6 Å². The molecule has 3 rings (SSSR count). The van der Waals surface area contributed by atoms with Crippen LogP contribution >= 0.6 is 0 Å². The fraction of sp³-hybridized carbons (Fsp3) is 0.167. The summed E-state index contributed by atoms with van der Waals surface area (Å²) >= 11 is 0. The Labute approximate surface area is 141 Å². The average molecular weight is 342 g/mol. The Morgan fingerprint density at radius 1 is 1.00 bits per heavy atom. The molecule has 0 atom stereocenters. The number of phenols is 1. The van der Waals surface area contributed by atoms with Crippen LogP contribution in [0.3, 0.4) is 0 Å². The van der Waals surface area contributed by atoms with E-state index in [1.54, 1.807) is 38.4 Å². The number of aromatic nitrogens is 1. The number of anilines is 1. The topological polar surface area (TPSA) is 79.3 Å². The summed E-state index contributed by atoms with van der Waals surface area (Å²) in [5.74, 6) is -0.138. The SMILES string of the molecule is Cc1cc(C)c(S(=O)(=O)Nc2cc3ccncc3cc2O)c(C)c1. The van der Waals surface area contributed by atoms with Crippen LogP contribution in [0, 0.1) is 20.8 Å². The van der Waals surface area contributed by atoms with Gasteiger partial charge in [-0.15, -0.1) is 0 Å². The Morgan fingerprint density at radius 2 is 1.67 bits per heavy atom. The first-order chi connectivity index (χ1) is 11.3. The van der Waals surface area contributed by atoms with Crippen LogP contribution in [0.4, 0.5) is 5.69 Å². The number of sulfonamides is 1. The van der Waals surface area contributed by atoms with Gasteiger partial charge in [-0.25, -0.2) is 8.42 Å². The monoisotopic (exact) mass is 342 g/mol. The van der Waals surface area contributed by atoms with E-state index in [4.69, 9.17) is 0 Å². The lowest BCUT2D eigenvalue weighted by Gasteiger charge is -2.15. The molecule has 0 aliphatic rings. The van der Waals surface area contributed by atoms with Crippen molar-refractivity contribution in [3.63, 3.8) is 0 Å². The van der Waals surface area contributed by atoms with Crippen LogP contribution in [0.15, 0.2) is 47.6 Å². The minimum atomic E-state index is -3.81. The molecule has 5 nitrogen and oxygen atoms in total. The number of nitrogens with zero attached hydrogens (tertiary/aromatic N) is 1. The van der Waals surface area contributed by atoms with E-state index in [0.717, 1.165) is 16.3 Å². The van der Waals surface area contributed by atoms with Crippen molar-refractivity contribution in [3.05, 3.63) is 59.4 Å². The molecule has 0 spiro atoms. The number of nitrogens with one attached hydrogen (secondary N) is 1. The van der Waals surface area contributed by atoms with Crippen LogP contribution in [-0.4, -0.2) is 18.5 Å². The summed E-state index contributed by atoms with van der Waals surface area (Å²) in [4.78, 5) is 4.23. The Bertz CT molecular complexity index is 1020. The minimum Gasteiger partial charge on any atom is -0.506 e. The highest BCUT2D eigenvalue weighted by molar-refractivity contribution is 7.92. The second-order valence-corrected chi connectivity index (χ2v) is 7.54. The van der Waals surface area contributed by atoms with E-state index < -0.39 is 10.0 Å². The van der Waals surface area contributed by atoms with E-state index in [1.807, 2.05) is 19.1 Å². The molecule has 1 aromatic heterocycles. The molecular weight excluding hydrogens is 324 g/mol. The van der Waals surface area contributed by atoms with Gasteiger partial charge >= 0.3 is 0 Å². The van der Waals surface area contributed by atoms with Gasteiger partial charge in [0.15, 0.2) is 0 Å². The molecule has 124 valence electrons. The van der Waals surface area contributed by atoms with E-state index in [0.29, 0.717) is 11.1 Å². The number of aryl methyl sites for hydroxylation is 3. The van der Waals surface area contributed by atoms with Crippen LogP contribution in [0.2, 0.25) is 0 Å². The molecule has 0 amide bonds. The van der Waals surface area contributed by atoms with E-state index in [2.05, 4.69) is 9.71 Å². The van der Waals surface area contributed by atoms with Gasteiger partial charge in [-0.3, -0.25) is 9.71 Å². The maximum absolute atomic E-state index is 12.8. The molecule has 2 N–H and O–H groups in total. The average Bonchev–Trinajstić information content (AvgIpc) is 2.46. The van der Waals surface area contributed by atoms with Crippen molar-refractivity contribution in [3.8, 4) is 5.75 Å². The lowest BCUT2D eigenvalue weighted by Crippen LogP contribution is -2.16. The zero-order valence-corrected chi connectivity index (χ0v) is 14.5. The summed E-state index contributed by atoms with van der Waals surface area (Å²) in [5, 5.41) is 11.7. The highest BCUT2D eigenvalue weighted by atomic mass is 32.2. The van der Waals surface area contributed by atoms with Crippen LogP contribution in [0.5, 0.6) is 5.75 Å². The van der Waals surface area contributed by atoms with Gasteiger partial charge in [-0.05, 0) is 55.5 Å². The summed E-state index contributed by atoms with van der Waals surface area (Å²) in [5.41, 5.74) is 2.49. The van der Waals surface area contributed by atoms with Gasteiger partial charge in [0.1, 0.15) is 5.75 Å². The molecule has 0 radical (unpaired) electrons. The van der Waals surface area contributed by atoms with Crippen LogP contribution < -0.4 is 4.72 Å². The summed E-state index contributed by atoms with van der Waals surface area (Å²) in [7, 11) is -3.81. The predicted octanol–water partition coefficient (Wildman–Crippen LogP) is 3.67. The number of hydrogen-bond donors (Lipinski definition) is 2. The molecule has 6 heteroatoms. The van der Waals surface area contributed by atoms with Crippen molar-refractivity contribution in [1.82, 2.24) is 4.98 Å². The van der Waals surface area contributed by atoms with E-state index >= 15 is 0 Å². The summed E-state index contributed by atoms with van der Waals surface area (Å²) in [6.45, 7) is 5.45. The first kappa shape index (κ1) is 16.3. The van der Waals surface area contributed by atoms with Crippen molar-refractivity contribution in [2.24, 2.45) is 0 Å². The van der Waals surface area contributed by atoms with Crippen LogP contribution in [0.25, 0.3) is 10.8 Å². The van der Waals surface area contributed by atoms with Crippen molar-refractivity contribution >= 4 is 26.5 Å². The fourth-order valence-corrected chi connectivity index (χ4v) is 4.51. The zero-order valence-electron chi connectivity index (χ0n) is 13.7. The molecule has 0 bridgehead atoms. The molecular formula is C18H18N2O3S. The van der Waals surface area contributed by atoms with Gasteiger partial charge < -0.3 is 5.11 Å². The third-order valence-corrected chi connectivity index (χ3v) is 5.54. The first-order valence-electron chi connectivity index (χ1n) is 7.45. The number of rotatable bonds is 3. The fourth-order valence-electron chi connectivity index (χ4n) is 2.99. The molecule has 1 heterocycles. The number of pyridine rings is 1. The molecule has 0 fully saturated rings. The quantitative estimate of drug-likeness (QED) is 0.712. The lowest BCUT2D eigenvalue weighted by atomic mass is 10.1. The van der Waals surface area contributed by atoms with Crippen molar-refractivity contribution < 1.29 is 13.5 Å². The third kappa shape index (κ3) is 2.92. The second-order valence-electron chi connectivity index (χ2n) is 5.93. The summed E-state index contributed by atoms with van der Waals surface area (Å²) in [6, 6.07) is 8.51. The van der Waals surface area contributed by atoms with Crippen LogP contribution in [-0.2, 0) is 10.0 Å². The first-order valence-corrected chi connectivity index (χ1v) is 8.93. The highest BCUT2D eigenvalue weighted by Gasteiger charge is 2.21. The normalized spacial score (nSPS) is 11.6. The van der Waals surface area contributed by atoms with Crippen molar-refractivity contribution in [2.45, 2.75) is 25.7 Å². The van der Waals surface area contributed by atoms with Crippen molar-refractivity contribution in [2.75, 3.05) is 4.72 Å². The minimum absolute atomic E-state index is 0.138. The smallest absolute Gasteiger partial charge is 0.262 e. The zero-order chi connectivity index (χ0) is 17.5. The lowest BCUT2D eigenvalue weighted by molar-refractivity contribution is 0.478. The van der Waals surface area contributed by atoms with Gasteiger partial charge in [-0.1, -0.05) is 17.7 Å². The molecule has 2 aromatic carbocycles.